The lowest BCUT2D eigenvalue weighted by Gasteiger charge is -2.21. The van der Waals surface area contributed by atoms with Gasteiger partial charge < -0.3 is 34.9 Å². The Bertz CT molecular complexity index is 1130. The number of nitrogens with zero attached hydrogens (tertiary/aromatic N) is 2. The molecular formula is C9H15N3O16P4. The summed E-state index contributed by atoms with van der Waals surface area (Å²) < 4.78 is 73.2. The predicted octanol–water partition coefficient (Wildman–Crippen LogP) is -1.05. The molecule has 0 amide bonds. The maximum Gasteiger partial charge on any atom is 0.490 e. The molecule has 0 radical (unpaired) electrons. The molecule has 1 aromatic rings. The molecule has 1 aromatic heterocycles. The molecule has 19 nitrogen and oxygen atoms in total. The maximum atomic E-state index is 12.1. The van der Waals surface area contributed by atoms with Gasteiger partial charge in [-0.2, -0.15) is 13.6 Å². The van der Waals surface area contributed by atoms with Gasteiger partial charge in [-0.15, -0.1) is 0 Å². The molecule has 7 N–H and O–H groups in total. The van der Waals surface area contributed by atoms with E-state index in [1.54, 1.807) is 0 Å². The molecule has 0 saturated carbocycles. The van der Waals surface area contributed by atoms with Crippen LogP contribution in [-0.2, 0) is 45.2 Å². The summed E-state index contributed by atoms with van der Waals surface area (Å²) in [5.41, 5.74) is 4.45. The third-order valence-corrected chi connectivity index (χ3v) is 8.56. The third-order valence-electron chi connectivity index (χ3n) is 3.74. The van der Waals surface area contributed by atoms with Gasteiger partial charge in [0.05, 0.1) is 6.61 Å². The van der Waals surface area contributed by atoms with Crippen molar-refractivity contribution in [2.75, 3.05) is 12.3 Å². The molecule has 3 heterocycles. The van der Waals surface area contributed by atoms with Crippen molar-refractivity contribution < 1.29 is 69.7 Å². The average Bonchev–Trinajstić information content (AvgIpc) is 3.03. The molecule has 7 atom stereocenters. The number of rotatable bonds is 8. The second-order valence-electron chi connectivity index (χ2n) is 6.10. The van der Waals surface area contributed by atoms with Crippen molar-refractivity contribution in [3.8, 4) is 0 Å². The molecule has 2 saturated heterocycles. The minimum Gasteiger partial charge on any atom is -0.383 e. The number of phosphoric ester groups is 2. The third kappa shape index (κ3) is 6.39. The number of nitrogens with two attached hydrogens (primary N) is 1. The summed E-state index contributed by atoms with van der Waals surface area (Å²) in [6, 6.07) is 1.20. The normalized spacial score (nSPS) is 34.0. The quantitative estimate of drug-likeness (QED) is 0.212. The van der Waals surface area contributed by atoms with Crippen LogP contribution in [-0.4, -0.2) is 58.9 Å². The Balaban J connectivity index is 1.76. The fraction of sp³-hybridized carbons (Fsp3) is 0.556. The Kier molecular flexibility index (Phi) is 7.04. The minimum absolute atomic E-state index is 0.138. The molecule has 23 heteroatoms. The summed E-state index contributed by atoms with van der Waals surface area (Å²) in [6.45, 7) is -1.01. The van der Waals surface area contributed by atoms with Gasteiger partial charge in [0.2, 0.25) is 0 Å². The van der Waals surface area contributed by atoms with E-state index < -0.39 is 68.1 Å². The van der Waals surface area contributed by atoms with Crippen LogP contribution in [0, 0.1) is 0 Å². The first-order valence-electron chi connectivity index (χ1n) is 7.95. The van der Waals surface area contributed by atoms with Gasteiger partial charge in [-0.25, -0.2) is 23.1 Å². The molecule has 0 aromatic carbocycles. The molecule has 2 aliphatic rings. The maximum absolute atomic E-state index is 12.1. The van der Waals surface area contributed by atoms with Crippen LogP contribution in [0.25, 0.3) is 0 Å². The smallest absolute Gasteiger partial charge is 0.383 e. The lowest BCUT2D eigenvalue weighted by atomic mass is 10.1. The van der Waals surface area contributed by atoms with Gasteiger partial charge >= 0.3 is 37.0 Å². The first-order chi connectivity index (χ1) is 14.5. The van der Waals surface area contributed by atoms with Crippen LogP contribution < -0.4 is 11.4 Å². The van der Waals surface area contributed by atoms with Gasteiger partial charge in [0.25, 0.3) is 0 Å². The van der Waals surface area contributed by atoms with E-state index in [0.717, 1.165) is 10.8 Å². The van der Waals surface area contributed by atoms with Gasteiger partial charge in [0.1, 0.15) is 24.1 Å². The zero-order chi connectivity index (χ0) is 24.1. The van der Waals surface area contributed by atoms with Crippen molar-refractivity contribution in [1.82, 2.24) is 9.55 Å². The number of aromatic nitrogens is 2. The zero-order valence-electron chi connectivity index (χ0n) is 15.2. The molecular weight excluding hydrogens is 530 g/mol. The van der Waals surface area contributed by atoms with Gasteiger partial charge in [-0.3, -0.25) is 18.1 Å². The highest BCUT2D eigenvalue weighted by Crippen LogP contribution is 2.66. The van der Waals surface area contributed by atoms with E-state index in [1.807, 2.05) is 0 Å². The Labute approximate surface area is 176 Å². The van der Waals surface area contributed by atoms with Crippen LogP contribution >= 0.6 is 31.3 Å². The summed E-state index contributed by atoms with van der Waals surface area (Å²) in [5.74, 6) is -0.138. The van der Waals surface area contributed by atoms with Gasteiger partial charge in [-0.1, -0.05) is 0 Å². The van der Waals surface area contributed by atoms with Gasteiger partial charge in [-0.05, 0) is 6.07 Å². The van der Waals surface area contributed by atoms with Crippen molar-refractivity contribution >= 4 is 37.1 Å². The van der Waals surface area contributed by atoms with E-state index >= 15 is 0 Å². The van der Waals surface area contributed by atoms with E-state index in [1.165, 1.54) is 6.07 Å². The van der Waals surface area contributed by atoms with Gasteiger partial charge in [0, 0.05) is 6.20 Å². The largest absolute Gasteiger partial charge is 0.490 e. The number of anilines is 1. The molecule has 182 valence electrons. The summed E-state index contributed by atoms with van der Waals surface area (Å²) in [6.07, 6.45) is -4.63. The molecule has 0 aliphatic carbocycles. The van der Waals surface area contributed by atoms with E-state index in [4.69, 9.17) is 34.2 Å². The van der Waals surface area contributed by atoms with Crippen LogP contribution in [0.15, 0.2) is 17.1 Å². The Morgan fingerprint density at radius 2 is 1.75 bits per heavy atom. The fourth-order valence-electron chi connectivity index (χ4n) is 2.73. The van der Waals surface area contributed by atoms with Crippen LogP contribution in [0.1, 0.15) is 6.23 Å². The predicted molar refractivity (Wildman–Crippen MR) is 96.2 cm³/mol. The number of ether oxygens (including phenoxy) is 1. The van der Waals surface area contributed by atoms with Crippen molar-refractivity contribution in [2.24, 2.45) is 0 Å². The molecule has 32 heavy (non-hydrogen) atoms. The second kappa shape index (κ2) is 8.74. The van der Waals surface area contributed by atoms with Crippen molar-refractivity contribution in [3.05, 3.63) is 22.7 Å². The standard InChI is InChI=1S/C9H15N3O16P4/c10-5-1-2-12(9(13)11-5)8-7-6(25-31(19,20)26-7)4(24-8)3-23-30(17,18)28-32(21,22)27-29(14,15)16/h1-2,4,6-8H,3H2,(H,17,18)(H,19,20)(H,21,22)(H2,10,11,13)(H2,14,15,16)/t4-,6-,7-,8-/m1/s1. The topological polar surface area (TPSA) is 286 Å². The highest BCUT2D eigenvalue weighted by molar-refractivity contribution is 7.66. The average molecular weight is 545 g/mol. The lowest BCUT2D eigenvalue weighted by molar-refractivity contribution is -0.0614. The summed E-state index contributed by atoms with van der Waals surface area (Å²) in [4.78, 5) is 60.8. The van der Waals surface area contributed by atoms with E-state index in [2.05, 4.69) is 18.1 Å². The summed E-state index contributed by atoms with van der Waals surface area (Å²) in [7, 11) is -21.5. The van der Waals surface area contributed by atoms with Crippen LogP contribution in [0.4, 0.5) is 5.82 Å². The van der Waals surface area contributed by atoms with Crippen LogP contribution in [0.3, 0.4) is 0 Å². The van der Waals surface area contributed by atoms with Crippen molar-refractivity contribution in [1.29, 1.82) is 0 Å². The zero-order valence-corrected chi connectivity index (χ0v) is 18.7. The summed E-state index contributed by atoms with van der Waals surface area (Å²) in [5, 5.41) is 0. The Morgan fingerprint density at radius 3 is 2.34 bits per heavy atom. The highest BCUT2D eigenvalue weighted by atomic mass is 31.3. The van der Waals surface area contributed by atoms with E-state index in [0.29, 0.717) is 0 Å². The number of hydrogen-bond acceptors (Lipinski definition) is 13. The molecule has 2 aliphatic heterocycles. The lowest BCUT2D eigenvalue weighted by Crippen LogP contribution is -2.34. The Hall–Kier alpha value is -0.840. The number of hydrogen-bond donors (Lipinski definition) is 6. The molecule has 3 unspecified atom stereocenters. The molecule has 0 spiro atoms. The fourth-order valence-corrected chi connectivity index (χ4v) is 6.90. The van der Waals surface area contributed by atoms with Crippen LogP contribution in [0.2, 0.25) is 0 Å². The molecule has 2 fully saturated rings. The number of fused-ring (bicyclic) bond motifs is 1. The summed E-state index contributed by atoms with van der Waals surface area (Å²) >= 11 is 0. The monoisotopic (exact) mass is 545 g/mol. The Morgan fingerprint density at radius 1 is 1.12 bits per heavy atom. The molecule has 0 bridgehead atoms. The SMILES string of the molecule is Nc1ccn([C@@H]2O[C@H](COP(=O)(O)OP(=O)(O)OP(=O)(O)O)[C@H]3OP(=O)(O)O[C@H]32)c(=O)n1. The first kappa shape index (κ1) is 25.8. The number of nitrogen functional groups attached to an aromatic ring is 1. The second-order valence-corrected chi connectivity index (χ2v) is 11.9. The first-order valence-corrected chi connectivity index (χ1v) is 14.0. The van der Waals surface area contributed by atoms with Crippen LogP contribution in [0.5, 0.6) is 0 Å². The minimum atomic E-state index is -5.76. The van der Waals surface area contributed by atoms with Gasteiger partial charge in [0.15, 0.2) is 6.23 Å². The van der Waals surface area contributed by atoms with Crippen molar-refractivity contribution in [2.45, 2.75) is 24.5 Å². The van der Waals surface area contributed by atoms with Crippen molar-refractivity contribution in [3.63, 3.8) is 0 Å². The highest BCUT2D eigenvalue weighted by Gasteiger charge is 2.58. The van der Waals surface area contributed by atoms with E-state index in [9.17, 15) is 32.8 Å². The molecule has 3 rings (SSSR count). The number of phosphoric acid groups is 4. The van der Waals surface area contributed by atoms with E-state index in [-0.39, 0.29) is 5.82 Å².